The van der Waals surface area contributed by atoms with Gasteiger partial charge in [-0.15, -0.1) is 0 Å². The molecule has 132 valence electrons. The predicted molar refractivity (Wildman–Crippen MR) is 102 cm³/mol. The lowest BCUT2D eigenvalue weighted by atomic mass is 10.2. The number of anilines is 2. The molecule has 0 unspecified atom stereocenters. The van der Waals surface area contributed by atoms with Gasteiger partial charge in [-0.2, -0.15) is 0 Å². The predicted octanol–water partition coefficient (Wildman–Crippen LogP) is 4.01. The molecule has 1 amide bonds. The summed E-state index contributed by atoms with van der Waals surface area (Å²) in [6.45, 7) is 4.24. The highest BCUT2D eigenvalue weighted by Crippen LogP contribution is 2.20. The summed E-state index contributed by atoms with van der Waals surface area (Å²) in [5.41, 5.74) is 3.54. The van der Waals surface area contributed by atoms with E-state index in [1.165, 1.54) is 0 Å². The zero-order valence-electron chi connectivity index (χ0n) is 14.5. The van der Waals surface area contributed by atoms with Gasteiger partial charge in [0.25, 0.3) is 5.91 Å². The van der Waals surface area contributed by atoms with Crippen LogP contribution in [0.15, 0.2) is 48.8 Å². The lowest BCUT2D eigenvalue weighted by Crippen LogP contribution is -2.16. The molecule has 0 saturated heterocycles. The topological polar surface area (TPSA) is 79.8 Å². The van der Waals surface area contributed by atoms with E-state index in [-0.39, 0.29) is 11.6 Å². The Morgan fingerprint density at radius 2 is 2.00 bits per heavy atom. The first kappa shape index (κ1) is 17.8. The summed E-state index contributed by atoms with van der Waals surface area (Å²) in [5.74, 6) is 0.0702. The van der Waals surface area contributed by atoms with Crippen LogP contribution in [0.5, 0.6) is 0 Å². The summed E-state index contributed by atoms with van der Waals surface area (Å²) in [5, 5.41) is 6.51. The Balaban J connectivity index is 1.73. The number of carbonyl (C=O) groups excluding carboxylic acids is 1. The molecule has 0 aliphatic carbocycles. The van der Waals surface area contributed by atoms with Gasteiger partial charge in [-0.1, -0.05) is 23.7 Å². The second-order valence-corrected chi connectivity index (χ2v) is 6.26. The van der Waals surface area contributed by atoms with Crippen LogP contribution in [-0.4, -0.2) is 20.9 Å². The van der Waals surface area contributed by atoms with Crippen molar-refractivity contribution in [2.45, 2.75) is 20.4 Å². The van der Waals surface area contributed by atoms with Crippen LogP contribution >= 0.6 is 11.6 Å². The normalized spacial score (nSPS) is 10.4. The van der Waals surface area contributed by atoms with Gasteiger partial charge in [-0.25, -0.2) is 9.97 Å². The fraction of sp³-hybridized carbons (Fsp3) is 0.158. The second-order valence-electron chi connectivity index (χ2n) is 5.85. The fourth-order valence-corrected chi connectivity index (χ4v) is 2.49. The highest BCUT2D eigenvalue weighted by Gasteiger charge is 2.11. The molecule has 0 atom stereocenters. The largest absolute Gasteiger partial charge is 0.350 e. The number of rotatable bonds is 5. The van der Waals surface area contributed by atoms with Crippen molar-refractivity contribution in [1.82, 2.24) is 15.0 Å². The number of hydrogen-bond donors (Lipinski definition) is 2. The number of amides is 1. The van der Waals surface area contributed by atoms with Crippen LogP contribution in [-0.2, 0) is 6.54 Å². The van der Waals surface area contributed by atoms with Crippen LogP contribution in [0.3, 0.4) is 0 Å². The Bertz CT molecular complexity index is 930. The van der Waals surface area contributed by atoms with E-state index >= 15 is 0 Å². The van der Waals surface area contributed by atoms with Gasteiger partial charge in [-0.05, 0) is 49.2 Å². The molecule has 7 heteroatoms. The van der Waals surface area contributed by atoms with Gasteiger partial charge in [-0.3, -0.25) is 9.78 Å². The standard InChI is InChI=1S/C19H18ClN5O/c1-12-5-6-15(9-16(12)20)24-18(26)17-8-13(2)23-19(25-17)22-11-14-4-3-7-21-10-14/h3-10H,11H2,1-2H3,(H,24,26)(H,22,23,25). The van der Waals surface area contributed by atoms with E-state index < -0.39 is 0 Å². The Morgan fingerprint density at radius 3 is 2.73 bits per heavy atom. The smallest absolute Gasteiger partial charge is 0.274 e. The van der Waals surface area contributed by atoms with Crippen LogP contribution in [0.4, 0.5) is 11.6 Å². The number of aryl methyl sites for hydroxylation is 2. The van der Waals surface area contributed by atoms with E-state index in [9.17, 15) is 4.79 Å². The third kappa shape index (κ3) is 4.55. The molecule has 2 N–H and O–H groups in total. The molecule has 3 aromatic rings. The molecule has 6 nitrogen and oxygen atoms in total. The second kappa shape index (κ2) is 7.93. The van der Waals surface area contributed by atoms with Gasteiger partial charge in [0.15, 0.2) is 0 Å². The average Bonchev–Trinajstić information content (AvgIpc) is 2.63. The molecular weight excluding hydrogens is 350 g/mol. The van der Waals surface area contributed by atoms with Crippen LogP contribution in [0.25, 0.3) is 0 Å². The molecule has 0 aliphatic rings. The number of hydrogen-bond acceptors (Lipinski definition) is 5. The summed E-state index contributed by atoms with van der Waals surface area (Å²) >= 11 is 6.10. The van der Waals surface area contributed by atoms with Crippen molar-refractivity contribution in [2.24, 2.45) is 0 Å². The number of nitrogens with one attached hydrogen (secondary N) is 2. The molecule has 3 rings (SSSR count). The van der Waals surface area contributed by atoms with Gasteiger partial charge in [0, 0.05) is 35.3 Å². The van der Waals surface area contributed by atoms with Crippen molar-refractivity contribution in [2.75, 3.05) is 10.6 Å². The number of benzene rings is 1. The summed E-state index contributed by atoms with van der Waals surface area (Å²) in [4.78, 5) is 25.2. The number of carbonyl (C=O) groups is 1. The summed E-state index contributed by atoms with van der Waals surface area (Å²) < 4.78 is 0. The van der Waals surface area contributed by atoms with Crippen molar-refractivity contribution in [3.05, 3.63) is 76.3 Å². The molecular formula is C19H18ClN5O. The van der Waals surface area contributed by atoms with E-state index in [1.807, 2.05) is 32.0 Å². The highest BCUT2D eigenvalue weighted by atomic mass is 35.5. The molecule has 1 aromatic carbocycles. The highest BCUT2D eigenvalue weighted by molar-refractivity contribution is 6.31. The van der Waals surface area contributed by atoms with Gasteiger partial charge in [0.2, 0.25) is 5.95 Å². The fourth-order valence-electron chi connectivity index (χ4n) is 2.31. The van der Waals surface area contributed by atoms with Crippen LogP contribution < -0.4 is 10.6 Å². The minimum Gasteiger partial charge on any atom is -0.350 e. The summed E-state index contributed by atoms with van der Waals surface area (Å²) in [6, 6.07) is 10.8. The third-order valence-electron chi connectivity index (χ3n) is 3.69. The molecule has 2 heterocycles. The molecule has 0 radical (unpaired) electrons. The molecule has 26 heavy (non-hydrogen) atoms. The first-order valence-electron chi connectivity index (χ1n) is 8.07. The number of aromatic nitrogens is 3. The van der Waals surface area contributed by atoms with Crippen LogP contribution in [0, 0.1) is 13.8 Å². The third-order valence-corrected chi connectivity index (χ3v) is 4.10. The molecule has 0 fully saturated rings. The lowest BCUT2D eigenvalue weighted by Gasteiger charge is -2.09. The molecule has 0 saturated carbocycles. The SMILES string of the molecule is Cc1cc(C(=O)Nc2ccc(C)c(Cl)c2)nc(NCc2cccnc2)n1. The first-order chi connectivity index (χ1) is 12.5. The van der Waals surface area contributed by atoms with E-state index in [2.05, 4.69) is 25.6 Å². The molecule has 0 aliphatic heterocycles. The van der Waals surface area contributed by atoms with Crippen LogP contribution in [0.2, 0.25) is 5.02 Å². The maximum absolute atomic E-state index is 12.5. The maximum Gasteiger partial charge on any atom is 0.274 e. The van der Waals surface area contributed by atoms with Gasteiger partial charge >= 0.3 is 0 Å². The Hall–Kier alpha value is -2.99. The molecule has 0 spiro atoms. The Kier molecular flexibility index (Phi) is 5.43. The monoisotopic (exact) mass is 367 g/mol. The maximum atomic E-state index is 12.5. The average molecular weight is 368 g/mol. The quantitative estimate of drug-likeness (QED) is 0.712. The van der Waals surface area contributed by atoms with Gasteiger partial charge in [0.05, 0.1) is 0 Å². The minimum absolute atomic E-state index is 0.280. The minimum atomic E-state index is -0.320. The van der Waals surface area contributed by atoms with Crippen molar-refractivity contribution < 1.29 is 4.79 Å². The summed E-state index contributed by atoms with van der Waals surface area (Å²) in [6.07, 6.45) is 3.48. The summed E-state index contributed by atoms with van der Waals surface area (Å²) in [7, 11) is 0. The van der Waals surface area contributed by atoms with Gasteiger partial charge < -0.3 is 10.6 Å². The van der Waals surface area contributed by atoms with E-state index in [0.717, 1.165) is 11.1 Å². The van der Waals surface area contributed by atoms with Gasteiger partial charge in [0.1, 0.15) is 5.69 Å². The van der Waals surface area contributed by atoms with E-state index in [1.54, 1.807) is 30.6 Å². The molecule has 2 aromatic heterocycles. The zero-order valence-corrected chi connectivity index (χ0v) is 15.2. The van der Waals surface area contributed by atoms with Crippen molar-refractivity contribution in [3.63, 3.8) is 0 Å². The van der Waals surface area contributed by atoms with E-state index in [4.69, 9.17) is 11.6 Å². The Morgan fingerprint density at radius 1 is 1.15 bits per heavy atom. The lowest BCUT2D eigenvalue weighted by molar-refractivity contribution is 0.102. The molecule has 0 bridgehead atoms. The zero-order chi connectivity index (χ0) is 18.5. The van der Waals surface area contributed by atoms with Crippen molar-refractivity contribution in [1.29, 1.82) is 0 Å². The number of pyridine rings is 1. The van der Waals surface area contributed by atoms with Crippen LogP contribution in [0.1, 0.15) is 27.3 Å². The number of nitrogens with zero attached hydrogens (tertiary/aromatic N) is 3. The number of halogens is 1. The van der Waals surface area contributed by atoms with E-state index in [0.29, 0.717) is 28.9 Å². The van der Waals surface area contributed by atoms with Crippen molar-refractivity contribution in [3.8, 4) is 0 Å². The van der Waals surface area contributed by atoms with Crippen molar-refractivity contribution >= 4 is 29.1 Å². The first-order valence-corrected chi connectivity index (χ1v) is 8.45. The Labute approximate surface area is 156 Å².